The molecule has 21 heavy (non-hydrogen) atoms. The van der Waals surface area contributed by atoms with E-state index in [9.17, 15) is 4.39 Å². The summed E-state index contributed by atoms with van der Waals surface area (Å²) in [6.07, 6.45) is 1.36. The number of hydrogen-bond donors (Lipinski definition) is 1. The summed E-state index contributed by atoms with van der Waals surface area (Å²) >= 11 is 0. The molecular weight excluding hydrogens is 269 g/mol. The number of halogens is 1. The Morgan fingerprint density at radius 3 is 2.81 bits per heavy atom. The standard InChI is InChI=1S/C16H14FN3O/c1-21-14-8-3-2-5-11(14)9-18-16-12-6-4-7-13(17)15(12)19-10-20-16/h2-8,10H,9H2,1H3,(H,18,19,20). The third-order valence-corrected chi connectivity index (χ3v) is 3.25. The van der Waals surface area contributed by atoms with Gasteiger partial charge in [0.2, 0.25) is 0 Å². The van der Waals surface area contributed by atoms with Crippen molar-refractivity contribution in [3.8, 4) is 5.75 Å². The third-order valence-electron chi connectivity index (χ3n) is 3.25. The van der Waals surface area contributed by atoms with E-state index in [-0.39, 0.29) is 5.82 Å². The van der Waals surface area contributed by atoms with Crippen molar-refractivity contribution in [2.24, 2.45) is 0 Å². The number of nitrogens with one attached hydrogen (secondary N) is 1. The van der Waals surface area contributed by atoms with Gasteiger partial charge in [-0.15, -0.1) is 0 Å². The van der Waals surface area contributed by atoms with Crippen molar-refractivity contribution in [3.05, 3.63) is 60.2 Å². The van der Waals surface area contributed by atoms with Gasteiger partial charge in [0.15, 0.2) is 0 Å². The Balaban J connectivity index is 1.91. The molecule has 0 aliphatic heterocycles. The number of para-hydroxylation sites is 2. The fourth-order valence-electron chi connectivity index (χ4n) is 2.22. The van der Waals surface area contributed by atoms with Crippen LogP contribution in [-0.2, 0) is 6.54 Å². The van der Waals surface area contributed by atoms with Crippen molar-refractivity contribution in [2.45, 2.75) is 6.54 Å². The zero-order valence-electron chi connectivity index (χ0n) is 11.5. The van der Waals surface area contributed by atoms with Crippen molar-refractivity contribution in [1.29, 1.82) is 0 Å². The minimum Gasteiger partial charge on any atom is -0.496 e. The van der Waals surface area contributed by atoms with Crippen molar-refractivity contribution in [2.75, 3.05) is 12.4 Å². The molecule has 0 fully saturated rings. The van der Waals surface area contributed by atoms with Gasteiger partial charge < -0.3 is 10.1 Å². The van der Waals surface area contributed by atoms with Gasteiger partial charge in [0, 0.05) is 17.5 Å². The van der Waals surface area contributed by atoms with Gasteiger partial charge >= 0.3 is 0 Å². The van der Waals surface area contributed by atoms with Crippen LogP contribution in [0, 0.1) is 5.82 Å². The van der Waals surface area contributed by atoms with Crippen LogP contribution in [0.15, 0.2) is 48.8 Å². The molecule has 2 aromatic carbocycles. The van der Waals surface area contributed by atoms with Crippen LogP contribution in [0.2, 0.25) is 0 Å². The van der Waals surface area contributed by atoms with E-state index in [1.807, 2.05) is 24.3 Å². The lowest BCUT2D eigenvalue weighted by molar-refractivity contribution is 0.410. The second kappa shape index (κ2) is 5.75. The van der Waals surface area contributed by atoms with Crippen molar-refractivity contribution in [3.63, 3.8) is 0 Å². The van der Waals surface area contributed by atoms with E-state index >= 15 is 0 Å². The summed E-state index contributed by atoms with van der Waals surface area (Å²) in [4.78, 5) is 8.17. The second-order valence-electron chi connectivity index (χ2n) is 4.52. The summed E-state index contributed by atoms with van der Waals surface area (Å²) < 4.78 is 19.0. The SMILES string of the molecule is COc1ccccc1CNc1ncnc2c(F)cccc12. The molecule has 0 spiro atoms. The molecule has 106 valence electrons. The van der Waals surface area contributed by atoms with E-state index in [0.29, 0.717) is 23.3 Å². The number of hydrogen-bond acceptors (Lipinski definition) is 4. The molecular formula is C16H14FN3O. The highest BCUT2D eigenvalue weighted by Crippen LogP contribution is 2.23. The molecule has 3 aromatic rings. The minimum atomic E-state index is -0.352. The molecule has 1 aromatic heterocycles. The Morgan fingerprint density at radius 2 is 1.95 bits per heavy atom. The molecule has 1 heterocycles. The van der Waals surface area contributed by atoms with Gasteiger partial charge in [-0.1, -0.05) is 24.3 Å². The maximum absolute atomic E-state index is 13.7. The van der Waals surface area contributed by atoms with Gasteiger partial charge in [-0.25, -0.2) is 14.4 Å². The number of rotatable bonds is 4. The zero-order valence-corrected chi connectivity index (χ0v) is 11.5. The fraction of sp³-hybridized carbons (Fsp3) is 0.125. The van der Waals surface area contributed by atoms with Crippen LogP contribution in [0.1, 0.15) is 5.56 Å². The predicted octanol–water partition coefficient (Wildman–Crippen LogP) is 3.39. The van der Waals surface area contributed by atoms with E-state index in [2.05, 4.69) is 15.3 Å². The Labute approximate surface area is 121 Å². The van der Waals surface area contributed by atoms with E-state index in [0.717, 1.165) is 11.3 Å². The highest BCUT2D eigenvalue weighted by Gasteiger charge is 2.08. The summed E-state index contributed by atoms with van der Waals surface area (Å²) in [5.41, 5.74) is 1.32. The molecule has 0 saturated heterocycles. The van der Waals surface area contributed by atoms with Gasteiger partial charge in [0.05, 0.1) is 7.11 Å². The van der Waals surface area contributed by atoms with Gasteiger partial charge in [0.25, 0.3) is 0 Å². The van der Waals surface area contributed by atoms with E-state index in [4.69, 9.17) is 4.74 Å². The molecule has 0 amide bonds. The molecule has 3 rings (SSSR count). The maximum atomic E-state index is 13.7. The molecule has 0 aliphatic carbocycles. The molecule has 5 heteroatoms. The molecule has 0 unspecified atom stereocenters. The molecule has 0 radical (unpaired) electrons. The lowest BCUT2D eigenvalue weighted by Crippen LogP contribution is -2.04. The fourth-order valence-corrected chi connectivity index (χ4v) is 2.22. The van der Waals surface area contributed by atoms with E-state index in [1.165, 1.54) is 12.4 Å². The first-order chi connectivity index (χ1) is 10.3. The Morgan fingerprint density at radius 1 is 1.10 bits per heavy atom. The van der Waals surface area contributed by atoms with E-state index in [1.54, 1.807) is 19.2 Å². The Kier molecular flexibility index (Phi) is 3.64. The van der Waals surface area contributed by atoms with Gasteiger partial charge in [-0.2, -0.15) is 0 Å². The monoisotopic (exact) mass is 283 g/mol. The van der Waals surface area contributed by atoms with Crippen LogP contribution in [-0.4, -0.2) is 17.1 Å². The van der Waals surface area contributed by atoms with Crippen LogP contribution in [0.4, 0.5) is 10.2 Å². The number of ether oxygens (including phenoxy) is 1. The van der Waals surface area contributed by atoms with Crippen LogP contribution >= 0.6 is 0 Å². The number of benzene rings is 2. The molecule has 4 nitrogen and oxygen atoms in total. The predicted molar refractivity (Wildman–Crippen MR) is 79.8 cm³/mol. The van der Waals surface area contributed by atoms with Crippen molar-refractivity contribution >= 4 is 16.7 Å². The van der Waals surface area contributed by atoms with E-state index < -0.39 is 0 Å². The topological polar surface area (TPSA) is 47.0 Å². The maximum Gasteiger partial charge on any atom is 0.149 e. The van der Waals surface area contributed by atoms with Crippen molar-refractivity contribution < 1.29 is 9.13 Å². The Bertz CT molecular complexity index is 776. The highest BCUT2D eigenvalue weighted by molar-refractivity contribution is 5.89. The lowest BCUT2D eigenvalue weighted by Gasteiger charge is -2.11. The second-order valence-corrected chi connectivity index (χ2v) is 4.52. The third kappa shape index (κ3) is 2.63. The van der Waals surface area contributed by atoms with Gasteiger partial charge in [-0.05, 0) is 18.2 Å². The molecule has 0 aliphatic rings. The molecule has 0 atom stereocenters. The number of anilines is 1. The smallest absolute Gasteiger partial charge is 0.149 e. The van der Waals surface area contributed by atoms with Crippen LogP contribution < -0.4 is 10.1 Å². The lowest BCUT2D eigenvalue weighted by atomic mass is 10.2. The highest BCUT2D eigenvalue weighted by atomic mass is 19.1. The molecule has 1 N–H and O–H groups in total. The van der Waals surface area contributed by atoms with Crippen LogP contribution in [0.3, 0.4) is 0 Å². The van der Waals surface area contributed by atoms with Crippen LogP contribution in [0.25, 0.3) is 10.9 Å². The first kappa shape index (κ1) is 13.3. The molecule has 0 saturated carbocycles. The van der Waals surface area contributed by atoms with Gasteiger partial charge in [-0.3, -0.25) is 0 Å². The normalized spacial score (nSPS) is 10.6. The van der Waals surface area contributed by atoms with Gasteiger partial charge in [0.1, 0.15) is 29.2 Å². The number of nitrogens with zero attached hydrogens (tertiary/aromatic N) is 2. The largest absolute Gasteiger partial charge is 0.496 e. The average molecular weight is 283 g/mol. The first-order valence-electron chi connectivity index (χ1n) is 6.54. The first-order valence-corrected chi connectivity index (χ1v) is 6.54. The summed E-state index contributed by atoms with van der Waals surface area (Å²) in [5.74, 6) is 1.05. The minimum absolute atomic E-state index is 0.315. The summed E-state index contributed by atoms with van der Waals surface area (Å²) in [5, 5.41) is 3.87. The van der Waals surface area contributed by atoms with Crippen LogP contribution in [0.5, 0.6) is 5.75 Å². The zero-order chi connectivity index (χ0) is 14.7. The molecule has 0 bridgehead atoms. The summed E-state index contributed by atoms with van der Waals surface area (Å²) in [7, 11) is 1.63. The summed E-state index contributed by atoms with van der Waals surface area (Å²) in [6, 6.07) is 12.6. The summed E-state index contributed by atoms with van der Waals surface area (Å²) in [6.45, 7) is 0.534. The number of fused-ring (bicyclic) bond motifs is 1. The van der Waals surface area contributed by atoms with Crippen molar-refractivity contribution in [1.82, 2.24) is 9.97 Å². The number of aromatic nitrogens is 2. The number of methoxy groups -OCH3 is 1. The average Bonchev–Trinajstić information content (AvgIpc) is 2.53. The quantitative estimate of drug-likeness (QED) is 0.797. The Hall–Kier alpha value is -2.69.